The lowest BCUT2D eigenvalue weighted by atomic mass is 9.81. The van der Waals surface area contributed by atoms with Crippen molar-refractivity contribution in [2.24, 2.45) is 11.3 Å². The van der Waals surface area contributed by atoms with Crippen molar-refractivity contribution in [2.75, 3.05) is 13.2 Å². The standard InChI is InChI=1S/C15H27N3O/c1-12(11-18-8-5-7-17-18)16-10-13-6-9-19-14(13)15(2,3)4/h5,7-8,12-14,16H,6,9-11H2,1-4H3/t12-,13+,14-/m0/s1. The fourth-order valence-corrected chi connectivity index (χ4v) is 2.91. The van der Waals surface area contributed by atoms with E-state index in [-0.39, 0.29) is 5.41 Å². The number of ether oxygens (including phenoxy) is 1. The van der Waals surface area contributed by atoms with E-state index >= 15 is 0 Å². The number of hydrogen-bond donors (Lipinski definition) is 1. The highest BCUT2D eigenvalue weighted by Crippen LogP contribution is 2.34. The molecule has 0 bridgehead atoms. The van der Waals surface area contributed by atoms with Crippen molar-refractivity contribution in [1.82, 2.24) is 15.1 Å². The van der Waals surface area contributed by atoms with Crippen molar-refractivity contribution in [3.63, 3.8) is 0 Å². The minimum absolute atomic E-state index is 0.230. The van der Waals surface area contributed by atoms with Crippen LogP contribution in [0.3, 0.4) is 0 Å². The second-order valence-electron chi connectivity index (χ2n) is 6.74. The quantitative estimate of drug-likeness (QED) is 0.888. The molecule has 2 heterocycles. The molecular formula is C15H27N3O. The SMILES string of the molecule is C[C@@H](Cn1cccn1)NC[C@H]1CCO[C@@H]1C(C)(C)C. The fraction of sp³-hybridized carbons (Fsp3) is 0.800. The van der Waals surface area contributed by atoms with Crippen LogP contribution >= 0.6 is 0 Å². The highest BCUT2D eigenvalue weighted by Gasteiger charge is 2.36. The van der Waals surface area contributed by atoms with Crippen LogP contribution in [0.2, 0.25) is 0 Å². The van der Waals surface area contributed by atoms with Gasteiger partial charge in [-0.05, 0) is 24.8 Å². The molecule has 19 heavy (non-hydrogen) atoms. The van der Waals surface area contributed by atoms with Gasteiger partial charge in [0.25, 0.3) is 0 Å². The Balaban J connectivity index is 1.78. The van der Waals surface area contributed by atoms with Crippen molar-refractivity contribution in [1.29, 1.82) is 0 Å². The molecule has 1 aromatic heterocycles. The van der Waals surface area contributed by atoms with Gasteiger partial charge >= 0.3 is 0 Å². The lowest BCUT2D eigenvalue weighted by Crippen LogP contribution is -2.40. The average molecular weight is 265 g/mol. The molecule has 0 unspecified atom stereocenters. The van der Waals surface area contributed by atoms with Crippen LogP contribution in [0.5, 0.6) is 0 Å². The Labute approximate surface area is 116 Å². The minimum Gasteiger partial charge on any atom is -0.377 e. The average Bonchev–Trinajstić information content (AvgIpc) is 2.95. The first-order valence-corrected chi connectivity index (χ1v) is 7.29. The summed E-state index contributed by atoms with van der Waals surface area (Å²) in [4.78, 5) is 0. The highest BCUT2D eigenvalue weighted by molar-refractivity contribution is 4.87. The zero-order valence-corrected chi connectivity index (χ0v) is 12.6. The van der Waals surface area contributed by atoms with Crippen LogP contribution in [-0.2, 0) is 11.3 Å². The van der Waals surface area contributed by atoms with Crippen LogP contribution in [0.25, 0.3) is 0 Å². The predicted octanol–water partition coefficient (Wildman–Crippen LogP) is 2.31. The van der Waals surface area contributed by atoms with E-state index in [0.717, 1.165) is 19.7 Å². The molecule has 3 atom stereocenters. The summed E-state index contributed by atoms with van der Waals surface area (Å²) in [6.07, 6.45) is 5.38. The summed E-state index contributed by atoms with van der Waals surface area (Å²) in [5.41, 5.74) is 0.230. The van der Waals surface area contributed by atoms with E-state index in [4.69, 9.17) is 4.74 Å². The summed E-state index contributed by atoms with van der Waals surface area (Å²) >= 11 is 0. The normalized spacial score (nSPS) is 25.7. The molecule has 1 aliphatic rings. The van der Waals surface area contributed by atoms with Crippen LogP contribution in [-0.4, -0.2) is 35.1 Å². The molecule has 0 radical (unpaired) electrons. The highest BCUT2D eigenvalue weighted by atomic mass is 16.5. The first kappa shape index (κ1) is 14.5. The summed E-state index contributed by atoms with van der Waals surface area (Å²) < 4.78 is 7.89. The maximum Gasteiger partial charge on any atom is 0.0664 e. The molecule has 1 N–H and O–H groups in total. The van der Waals surface area contributed by atoms with E-state index in [0.29, 0.717) is 18.1 Å². The Bertz CT molecular complexity index is 369. The molecule has 1 fully saturated rings. The van der Waals surface area contributed by atoms with E-state index in [1.807, 2.05) is 23.1 Å². The Kier molecular flexibility index (Phi) is 4.63. The maximum absolute atomic E-state index is 5.91. The number of aromatic nitrogens is 2. The van der Waals surface area contributed by atoms with Crippen LogP contribution in [0, 0.1) is 11.3 Å². The van der Waals surface area contributed by atoms with Gasteiger partial charge in [-0.1, -0.05) is 20.8 Å². The van der Waals surface area contributed by atoms with Gasteiger partial charge in [0, 0.05) is 37.5 Å². The number of hydrogen-bond acceptors (Lipinski definition) is 3. The van der Waals surface area contributed by atoms with Gasteiger partial charge in [-0.25, -0.2) is 0 Å². The van der Waals surface area contributed by atoms with Crippen LogP contribution < -0.4 is 5.32 Å². The molecule has 2 rings (SSSR count). The zero-order chi connectivity index (χ0) is 13.9. The Morgan fingerprint density at radius 1 is 1.47 bits per heavy atom. The van der Waals surface area contributed by atoms with Gasteiger partial charge in [-0.3, -0.25) is 4.68 Å². The largest absolute Gasteiger partial charge is 0.377 e. The smallest absolute Gasteiger partial charge is 0.0664 e. The molecule has 0 aromatic carbocycles. The molecule has 0 spiro atoms. The molecule has 1 aromatic rings. The van der Waals surface area contributed by atoms with Crippen LogP contribution in [0.4, 0.5) is 0 Å². The molecule has 0 aliphatic carbocycles. The predicted molar refractivity (Wildman–Crippen MR) is 77.0 cm³/mol. The number of nitrogens with zero attached hydrogens (tertiary/aromatic N) is 2. The third-order valence-corrected chi connectivity index (χ3v) is 3.82. The molecular weight excluding hydrogens is 238 g/mol. The van der Waals surface area contributed by atoms with Crippen molar-refractivity contribution in [2.45, 2.75) is 52.8 Å². The molecule has 0 saturated carbocycles. The molecule has 4 heteroatoms. The maximum atomic E-state index is 5.91. The van der Waals surface area contributed by atoms with Gasteiger partial charge in [0.1, 0.15) is 0 Å². The summed E-state index contributed by atoms with van der Waals surface area (Å²) in [7, 11) is 0. The van der Waals surface area contributed by atoms with E-state index in [1.165, 1.54) is 6.42 Å². The van der Waals surface area contributed by atoms with Crippen LogP contribution in [0.1, 0.15) is 34.1 Å². The van der Waals surface area contributed by atoms with Crippen molar-refractivity contribution in [3.05, 3.63) is 18.5 Å². The second-order valence-corrected chi connectivity index (χ2v) is 6.74. The topological polar surface area (TPSA) is 39.1 Å². The van der Waals surface area contributed by atoms with E-state index in [9.17, 15) is 0 Å². The van der Waals surface area contributed by atoms with Gasteiger partial charge < -0.3 is 10.1 Å². The molecule has 4 nitrogen and oxygen atoms in total. The lowest BCUT2D eigenvalue weighted by molar-refractivity contribution is 0.00678. The second kappa shape index (κ2) is 6.06. The van der Waals surface area contributed by atoms with Crippen molar-refractivity contribution >= 4 is 0 Å². The Hall–Kier alpha value is -0.870. The summed E-state index contributed by atoms with van der Waals surface area (Å²) in [5.74, 6) is 0.625. The van der Waals surface area contributed by atoms with E-state index in [2.05, 4.69) is 38.1 Å². The fourth-order valence-electron chi connectivity index (χ4n) is 2.91. The monoisotopic (exact) mass is 265 g/mol. The first-order chi connectivity index (χ1) is 8.97. The number of rotatable bonds is 5. The van der Waals surface area contributed by atoms with Gasteiger partial charge in [0.15, 0.2) is 0 Å². The molecule has 0 amide bonds. The molecule has 108 valence electrons. The summed E-state index contributed by atoms with van der Waals surface area (Å²) in [6, 6.07) is 2.40. The van der Waals surface area contributed by atoms with E-state index < -0.39 is 0 Å². The number of nitrogens with one attached hydrogen (secondary N) is 1. The minimum atomic E-state index is 0.230. The Morgan fingerprint density at radius 3 is 2.89 bits per heavy atom. The van der Waals surface area contributed by atoms with Crippen molar-refractivity contribution in [3.8, 4) is 0 Å². The Morgan fingerprint density at radius 2 is 2.26 bits per heavy atom. The van der Waals surface area contributed by atoms with Gasteiger partial charge in [0.2, 0.25) is 0 Å². The lowest BCUT2D eigenvalue weighted by Gasteiger charge is -2.31. The van der Waals surface area contributed by atoms with Gasteiger partial charge in [-0.2, -0.15) is 5.10 Å². The third-order valence-electron chi connectivity index (χ3n) is 3.82. The van der Waals surface area contributed by atoms with E-state index in [1.54, 1.807) is 0 Å². The zero-order valence-electron chi connectivity index (χ0n) is 12.6. The molecule has 1 saturated heterocycles. The van der Waals surface area contributed by atoms with Gasteiger partial charge in [0.05, 0.1) is 12.6 Å². The summed E-state index contributed by atoms with van der Waals surface area (Å²) in [6.45, 7) is 11.9. The third kappa shape index (κ3) is 4.05. The van der Waals surface area contributed by atoms with Gasteiger partial charge in [-0.15, -0.1) is 0 Å². The summed E-state index contributed by atoms with van der Waals surface area (Å²) in [5, 5.41) is 7.87. The first-order valence-electron chi connectivity index (χ1n) is 7.29. The van der Waals surface area contributed by atoms with Crippen LogP contribution in [0.15, 0.2) is 18.5 Å². The van der Waals surface area contributed by atoms with Crippen molar-refractivity contribution < 1.29 is 4.74 Å². The molecule has 1 aliphatic heterocycles.